The first kappa shape index (κ1) is 32.8. The fraction of sp³-hybridized carbons (Fsp3) is 0. The molecule has 0 atom stereocenters. The minimum atomic E-state index is -0.346. The van der Waals surface area contributed by atoms with Gasteiger partial charge in [-0.25, -0.2) is 18.8 Å². The van der Waals surface area contributed by atoms with Crippen LogP contribution in [0.25, 0.3) is 28.0 Å². The summed E-state index contributed by atoms with van der Waals surface area (Å²) in [4.78, 5) is 14.0. The van der Waals surface area contributed by atoms with Crippen molar-refractivity contribution in [2.24, 2.45) is 9.98 Å². The van der Waals surface area contributed by atoms with E-state index in [0.29, 0.717) is 39.8 Å². The number of aromatic nitrogens is 1. The van der Waals surface area contributed by atoms with Crippen molar-refractivity contribution in [1.29, 1.82) is 0 Å². The zero-order valence-corrected chi connectivity index (χ0v) is 28.3. The molecule has 0 spiro atoms. The van der Waals surface area contributed by atoms with Crippen LogP contribution in [0.1, 0.15) is 27.8 Å². The summed E-state index contributed by atoms with van der Waals surface area (Å²) in [6.45, 7) is 0. The molecule has 2 heterocycles. The van der Waals surface area contributed by atoms with Crippen molar-refractivity contribution in [3.8, 4) is 46.1 Å². The predicted octanol–water partition coefficient (Wildman–Crippen LogP) is 11.1. The molecule has 0 aliphatic carbocycles. The summed E-state index contributed by atoms with van der Waals surface area (Å²) in [5.41, 5.74) is 9.09. The quantitative estimate of drug-likeness (QED) is 0.175. The van der Waals surface area contributed by atoms with Crippen molar-refractivity contribution in [3.63, 3.8) is 0 Å². The van der Waals surface area contributed by atoms with Gasteiger partial charge in [-0.2, -0.15) is 0 Å². The van der Waals surface area contributed by atoms with E-state index in [2.05, 4.69) is 28.7 Å². The highest BCUT2D eigenvalue weighted by atomic mass is 19.1. The van der Waals surface area contributed by atoms with Crippen LogP contribution < -0.4 is 0 Å². The highest BCUT2D eigenvalue weighted by Crippen LogP contribution is 2.41. The van der Waals surface area contributed by atoms with Crippen molar-refractivity contribution < 1.29 is 8.78 Å². The minimum Gasteiger partial charge on any atom is -0.338 e. The number of aliphatic imine (C=N–C) groups is 2. The van der Waals surface area contributed by atoms with Crippen molar-refractivity contribution in [1.82, 2.24) is 4.98 Å². The Kier molecular flexibility index (Phi) is 9.21. The molecule has 8 rings (SSSR count). The molecule has 250 valence electrons. The van der Waals surface area contributed by atoms with E-state index in [1.165, 1.54) is 24.3 Å². The third kappa shape index (κ3) is 7.14. The van der Waals surface area contributed by atoms with E-state index < -0.39 is 0 Å². The molecule has 6 aromatic carbocycles. The number of nitrogens with one attached hydrogen (secondary N) is 1. The number of hydrogen-bond donors (Lipinski definition) is 1. The van der Waals surface area contributed by atoms with Crippen molar-refractivity contribution >= 4 is 22.9 Å². The fourth-order valence-corrected chi connectivity index (χ4v) is 6.18. The molecular weight excluding hydrogens is 657 g/mol. The van der Waals surface area contributed by atoms with Gasteiger partial charge < -0.3 is 4.98 Å². The zero-order valence-electron chi connectivity index (χ0n) is 28.3. The summed E-state index contributed by atoms with van der Waals surface area (Å²) in [7, 11) is 0. The summed E-state index contributed by atoms with van der Waals surface area (Å²) in [6.07, 6.45) is 0. The summed E-state index contributed by atoms with van der Waals surface area (Å²) in [6, 6.07) is 51.9. The molecule has 0 amide bonds. The van der Waals surface area contributed by atoms with E-state index in [1.807, 2.05) is 121 Å². The molecule has 0 bridgehead atoms. The summed E-state index contributed by atoms with van der Waals surface area (Å²) in [5, 5.41) is 0. The first-order chi connectivity index (χ1) is 26.1. The lowest BCUT2D eigenvalue weighted by atomic mass is 9.95. The van der Waals surface area contributed by atoms with E-state index >= 15 is 0 Å². The van der Waals surface area contributed by atoms with Gasteiger partial charge >= 0.3 is 0 Å². The normalized spacial score (nSPS) is 12.9. The number of amidine groups is 1. The second kappa shape index (κ2) is 14.9. The number of aromatic amines is 1. The number of rotatable bonds is 5. The Balaban J connectivity index is 1.42. The monoisotopic (exact) mass is 685 g/mol. The van der Waals surface area contributed by atoms with Gasteiger partial charge in [0.15, 0.2) is 5.84 Å². The average molecular weight is 686 g/mol. The number of hydrogen-bond acceptors (Lipinski definition) is 1. The molecule has 0 saturated carbocycles. The highest BCUT2D eigenvalue weighted by molar-refractivity contribution is 6.42. The molecule has 1 aliphatic heterocycles. The molecular formula is C48H29F2N3. The molecule has 1 aliphatic rings. The molecule has 1 aromatic heterocycles. The summed E-state index contributed by atoms with van der Waals surface area (Å²) in [5.74, 6) is 13.8. The van der Waals surface area contributed by atoms with Gasteiger partial charge in [-0.05, 0) is 89.5 Å². The standard InChI is InChI=1S/C48H29F2N3/c49-39-27-23-37(24-28-39)45-41(31-21-33-13-5-1-6-14-33)43(35-17-9-3-10-18-35)47(51-45)53-48-44(36-19-11-4-12-20-36)42(32-22-34-15-7-2-8-16-34)46(52-48)38-25-29-40(50)30-26-38/h1-20,23-30,51H/b53-48-. The Morgan fingerprint density at radius 3 is 1.53 bits per heavy atom. The topological polar surface area (TPSA) is 40.5 Å². The van der Waals surface area contributed by atoms with Gasteiger partial charge in [0, 0.05) is 27.8 Å². The van der Waals surface area contributed by atoms with E-state index in [9.17, 15) is 8.78 Å². The molecule has 0 saturated heterocycles. The van der Waals surface area contributed by atoms with Crippen LogP contribution in [-0.2, 0) is 0 Å². The molecule has 53 heavy (non-hydrogen) atoms. The smallest absolute Gasteiger partial charge is 0.164 e. The number of nitrogens with zero attached hydrogens (tertiary/aromatic N) is 2. The molecule has 7 aromatic rings. The van der Waals surface area contributed by atoms with Crippen LogP contribution in [0.2, 0.25) is 0 Å². The van der Waals surface area contributed by atoms with Crippen LogP contribution in [0, 0.1) is 35.3 Å². The predicted molar refractivity (Wildman–Crippen MR) is 211 cm³/mol. The number of halogens is 2. The Morgan fingerprint density at radius 2 is 0.962 bits per heavy atom. The molecule has 5 heteroatoms. The number of benzene rings is 6. The first-order valence-corrected chi connectivity index (χ1v) is 17.1. The first-order valence-electron chi connectivity index (χ1n) is 17.1. The van der Waals surface area contributed by atoms with Gasteiger partial charge in [0.25, 0.3) is 0 Å². The Morgan fingerprint density at radius 1 is 0.472 bits per heavy atom. The van der Waals surface area contributed by atoms with Gasteiger partial charge in [-0.1, -0.05) is 121 Å². The minimum absolute atomic E-state index is 0.337. The van der Waals surface area contributed by atoms with Crippen LogP contribution in [0.3, 0.4) is 0 Å². The number of H-pyrrole nitrogens is 1. The lowest BCUT2D eigenvalue weighted by molar-refractivity contribution is 0.627. The molecule has 0 radical (unpaired) electrons. The summed E-state index contributed by atoms with van der Waals surface area (Å²) < 4.78 is 28.4. The van der Waals surface area contributed by atoms with Crippen LogP contribution in [0.5, 0.6) is 0 Å². The van der Waals surface area contributed by atoms with Crippen molar-refractivity contribution in [2.45, 2.75) is 0 Å². The second-order valence-corrected chi connectivity index (χ2v) is 12.2. The third-order valence-electron chi connectivity index (χ3n) is 8.71. The fourth-order valence-electron chi connectivity index (χ4n) is 6.18. The maximum Gasteiger partial charge on any atom is 0.164 e. The molecule has 1 N–H and O–H groups in total. The Hall–Kier alpha value is -7.34. The van der Waals surface area contributed by atoms with Crippen LogP contribution in [0.4, 0.5) is 14.6 Å². The van der Waals surface area contributed by atoms with Crippen molar-refractivity contribution in [3.05, 3.63) is 215 Å². The van der Waals surface area contributed by atoms with Gasteiger partial charge in [0.1, 0.15) is 17.5 Å². The van der Waals surface area contributed by atoms with Crippen molar-refractivity contribution in [2.75, 3.05) is 0 Å². The van der Waals surface area contributed by atoms with Gasteiger partial charge in [0.2, 0.25) is 0 Å². The second-order valence-electron chi connectivity index (χ2n) is 12.2. The molecule has 0 unspecified atom stereocenters. The van der Waals surface area contributed by atoms with E-state index in [1.54, 1.807) is 24.3 Å². The van der Waals surface area contributed by atoms with Gasteiger partial charge in [-0.15, -0.1) is 0 Å². The third-order valence-corrected chi connectivity index (χ3v) is 8.71. The van der Waals surface area contributed by atoms with Gasteiger partial charge in [0.05, 0.1) is 22.5 Å². The SMILES string of the molecule is Fc1ccc(C2=N/C(=N\c3[nH]c(-c4ccc(F)cc4)c(C#Cc4ccccc4)c3-c3ccccc3)C(c3ccccc3)=C2C#Cc2ccccc2)cc1. The number of allylic oxidation sites excluding steroid dienone is 1. The Labute approximate surface area is 306 Å². The zero-order chi connectivity index (χ0) is 36.0. The lowest BCUT2D eigenvalue weighted by Crippen LogP contribution is -2.02. The van der Waals surface area contributed by atoms with E-state index in [0.717, 1.165) is 39.0 Å². The van der Waals surface area contributed by atoms with E-state index in [4.69, 9.17) is 9.98 Å². The molecule has 0 fully saturated rings. The average Bonchev–Trinajstić information content (AvgIpc) is 3.76. The summed E-state index contributed by atoms with van der Waals surface area (Å²) >= 11 is 0. The largest absolute Gasteiger partial charge is 0.338 e. The lowest BCUT2D eigenvalue weighted by Gasteiger charge is -2.07. The maximum absolute atomic E-state index is 14.2. The Bertz CT molecular complexity index is 2630. The van der Waals surface area contributed by atoms with Gasteiger partial charge in [-0.3, -0.25) is 0 Å². The van der Waals surface area contributed by atoms with Crippen LogP contribution in [-0.4, -0.2) is 16.5 Å². The van der Waals surface area contributed by atoms with Crippen LogP contribution in [0.15, 0.2) is 185 Å². The molecule has 3 nitrogen and oxygen atoms in total. The highest BCUT2D eigenvalue weighted by Gasteiger charge is 2.28. The van der Waals surface area contributed by atoms with Crippen LogP contribution >= 0.6 is 0 Å². The van der Waals surface area contributed by atoms with E-state index in [-0.39, 0.29) is 11.6 Å². The maximum atomic E-state index is 14.2.